The van der Waals surface area contributed by atoms with Gasteiger partial charge in [-0.3, -0.25) is 0 Å². The summed E-state index contributed by atoms with van der Waals surface area (Å²) in [6, 6.07) is 8.75. The molecule has 0 saturated heterocycles. The van der Waals surface area contributed by atoms with Gasteiger partial charge in [0.1, 0.15) is 0 Å². The van der Waals surface area contributed by atoms with E-state index in [9.17, 15) is 4.79 Å². The van der Waals surface area contributed by atoms with Crippen molar-refractivity contribution < 1.29 is 9.53 Å². The lowest BCUT2D eigenvalue weighted by atomic mass is 10.2. The number of hydrogen-bond acceptors (Lipinski definition) is 5. The van der Waals surface area contributed by atoms with E-state index in [-0.39, 0.29) is 0 Å². The van der Waals surface area contributed by atoms with Crippen LogP contribution in [0.5, 0.6) is 5.75 Å². The van der Waals surface area contributed by atoms with Gasteiger partial charge < -0.3 is 4.74 Å². The van der Waals surface area contributed by atoms with E-state index in [2.05, 4.69) is 15.3 Å². The lowest BCUT2D eigenvalue weighted by molar-refractivity contribution is 0.0733. The molecule has 0 aliphatic heterocycles. The number of hydrogen-bond donors (Lipinski definition) is 0. The fourth-order valence-electron chi connectivity index (χ4n) is 1.50. The van der Waals surface area contributed by atoms with Crippen LogP contribution in [-0.4, -0.2) is 25.8 Å². The highest BCUT2D eigenvalue weighted by atomic mass is 16.5. The van der Waals surface area contributed by atoms with Crippen molar-refractivity contribution in [3.05, 3.63) is 54.5 Å². The molecule has 18 heavy (non-hydrogen) atoms. The van der Waals surface area contributed by atoms with Crippen molar-refractivity contribution in [2.75, 3.05) is 0 Å². The number of ether oxygens (including phenoxy) is 1. The van der Waals surface area contributed by atoms with Gasteiger partial charge in [0.05, 0.1) is 24.2 Å². The number of rotatable bonds is 2. The summed E-state index contributed by atoms with van der Waals surface area (Å²) in [5, 5.41) is 7.46. The van der Waals surface area contributed by atoms with Gasteiger partial charge in [0.15, 0.2) is 11.4 Å². The summed E-state index contributed by atoms with van der Waals surface area (Å²) in [4.78, 5) is 15.8. The third-order valence-electron chi connectivity index (χ3n) is 2.35. The molecule has 0 saturated carbocycles. The SMILES string of the molecule is O=C(Oc1cnc2cnnn2c1)c1ccccc1. The van der Waals surface area contributed by atoms with E-state index < -0.39 is 5.97 Å². The molecule has 0 N–H and O–H groups in total. The first-order valence-electron chi connectivity index (χ1n) is 5.26. The standard InChI is InChI=1S/C12H8N4O2/c17-12(9-4-2-1-3-5-9)18-10-6-13-11-7-14-15-16(11)8-10/h1-8H. The van der Waals surface area contributed by atoms with Gasteiger partial charge in [0, 0.05) is 0 Å². The summed E-state index contributed by atoms with van der Waals surface area (Å²) in [6.07, 6.45) is 4.53. The van der Waals surface area contributed by atoms with Crippen LogP contribution in [0, 0.1) is 0 Å². The minimum atomic E-state index is -0.433. The monoisotopic (exact) mass is 240 g/mol. The number of aromatic nitrogens is 4. The maximum absolute atomic E-state index is 11.8. The molecule has 0 aliphatic rings. The van der Waals surface area contributed by atoms with Gasteiger partial charge in [-0.1, -0.05) is 23.4 Å². The Kier molecular flexibility index (Phi) is 2.45. The summed E-state index contributed by atoms with van der Waals surface area (Å²) in [5.74, 6) is -0.112. The minimum Gasteiger partial charge on any atom is -0.420 e. The van der Waals surface area contributed by atoms with Crippen molar-refractivity contribution >= 4 is 11.6 Å². The second-order valence-electron chi connectivity index (χ2n) is 3.58. The summed E-state index contributed by atoms with van der Waals surface area (Å²) in [5.41, 5.74) is 1.07. The van der Waals surface area contributed by atoms with Crippen LogP contribution in [0.4, 0.5) is 0 Å². The zero-order chi connectivity index (χ0) is 12.4. The van der Waals surface area contributed by atoms with E-state index in [0.29, 0.717) is 17.0 Å². The van der Waals surface area contributed by atoms with Gasteiger partial charge in [0.2, 0.25) is 0 Å². The molecular weight excluding hydrogens is 232 g/mol. The molecule has 0 fully saturated rings. The molecule has 0 aliphatic carbocycles. The van der Waals surface area contributed by atoms with Crippen LogP contribution in [0.1, 0.15) is 10.4 Å². The van der Waals surface area contributed by atoms with Crippen LogP contribution in [0.25, 0.3) is 5.65 Å². The normalized spacial score (nSPS) is 10.4. The van der Waals surface area contributed by atoms with Gasteiger partial charge in [-0.25, -0.2) is 9.78 Å². The molecule has 6 heteroatoms. The third kappa shape index (κ3) is 1.91. The Bertz CT molecular complexity index is 693. The van der Waals surface area contributed by atoms with Crippen molar-refractivity contribution in [2.24, 2.45) is 0 Å². The molecule has 3 aromatic rings. The third-order valence-corrected chi connectivity index (χ3v) is 2.35. The number of benzene rings is 1. The zero-order valence-corrected chi connectivity index (χ0v) is 9.22. The number of carbonyl (C=O) groups is 1. The zero-order valence-electron chi connectivity index (χ0n) is 9.22. The Morgan fingerprint density at radius 3 is 2.83 bits per heavy atom. The van der Waals surface area contributed by atoms with Crippen molar-refractivity contribution in [3.8, 4) is 5.75 Å². The molecule has 0 bridgehead atoms. The topological polar surface area (TPSA) is 69.4 Å². The molecule has 3 rings (SSSR count). The molecule has 6 nitrogen and oxygen atoms in total. The van der Waals surface area contributed by atoms with Crippen molar-refractivity contribution in [2.45, 2.75) is 0 Å². The molecule has 2 heterocycles. The molecule has 0 atom stereocenters. The van der Waals surface area contributed by atoms with E-state index in [0.717, 1.165) is 0 Å². The van der Waals surface area contributed by atoms with Gasteiger partial charge in [-0.2, -0.15) is 4.52 Å². The second kappa shape index (κ2) is 4.25. The Balaban J connectivity index is 1.86. The van der Waals surface area contributed by atoms with E-state index in [1.54, 1.807) is 30.5 Å². The Morgan fingerprint density at radius 1 is 1.17 bits per heavy atom. The first kappa shape index (κ1) is 10.4. The van der Waals surface area contributed by atoms with Gasteiger partial charge >= 0.3 is 5.97 Å². The van der Waals surface area contributed by atoms with Crippen LogP contribution in [0.15, 0.2) is 48.9 Å². The first-order chi connectivity index (χ1) is 8.83. The quantitative estimate of drug-likeness (QED) is 0.632. The lowest BCUT2D eigenvalue weighted by Gasteiger charge is -2.03. The minimum absolute atomic E-state index is 0.321. The Hall–Kier alpha value is -2.76. The van der Waals surface area contributed by atoms with Crippen LogP contribution in [-0.2, 0) is 0 Å². The molecular formula is C12H8N4O2. The molecule has 0 radical (unpaired) electrons. The molecule has 88 valence electrons. The van der Waals surface area contributed by atoms with Crippen LogP contribution in [0.3, 0.4) is 0 Å². The number of carbonyl (C=O) groups excluding carboxylic acids is 1. The average molecular weight is 240 g/mol. The summed E-state index contributed by atoms with van der Waals surface area (Å²) < 4.78 is 6.63. The van der Waals surface area contributed by atoms with E-state index in [1.165, 1.54) is 16.9 Å². The number of nitrogens with zero attached hydrogens (tertiary/aromatic N) is 4. The second-order valence-corrected chi connectivity index (χ2v) is 3.58. The smallest absolute Gasteiger partial charge is 0.343 e. The maximum Gasteiger partial charge on any atom is 0.343 e. The van der Waals surface area contributed by atoms with Gasteiger partial charge in [-0.05, 0) is 12.1 Å². The maximum atomic E-state index is 11.8. The predicted octanol–water partition coefficient (Wildman–Crippen LogP) is 1.34. The Labute approximate surface area is 102 Å². The first-order valence-corrected chi connectivity index (χ1v) is 5.26. The lowest BCUT2D eigenvalue weighted by Crippen LogP contribution is -2.09. The van der Waals surface area contributed by atoms with Crippen molar-refractivity contribution in [1.82, 2.24) is 19.8 Å². The summed E-state index contributed by atoms with van der Waals surface area (Å²) in [6.45, 7) is 0. The number of esters is 1. The van der Waals surface area contributed by atoms with E-state index >= 15 is 0 Å². The van der Waals surface area contributed by atoms with Crippen LogP contribution in [0.2, 0.25) is 0 Å². The largest absolute Gasteiger partial charge is 0.420 e. The molecule has 0 unspecified atom stereocenters. The number of fused-ring (bicyclic) bond motifs is 1. The predicted molar refractivity (Wildman–Crippen MR) is 62.2 cm³/mol. The summed E-state index contributed by atoms with van der Waals surface area (Å²) >= 11 is 0. The van der Waals surface area contributed by atoms with Crippen molar-refractivity contribution in [1.29, 1.82) is 0 Å². The van der Waals surface area contributed by atoms with Crippen LogP contribution >= 0.6 is 0 Å². The van der Waals surface area contributed by atoms with Gasteiger partial charge in [0.25, 0.3) is 0 Å². The van der Waals surface area contributed by atoms with Gasteiger partial charge in [-0.15, -0.1) is 5.10 Å². The molecule has 0 amide bonds. The highest BCUT2D eigenvalue weighted by Gasteiger charge is 2.08. The Morgan fingerprint density at radius 2 is 2.00 bits per heavy atom. The van der Waals surface area contributed by atoms with E-state index in [1.807, 2.05) is 6.07 Å². The van der Waals surface area contributed by atoms with E-state index in [4.69, 9.17) is 4.74 Å². The van der Waals surface area contributed by atoms with Crippen LogP contribution < -0.4 is 4.74 Å². The highest BCUT2D eigenvalue weighted by molar-refractivity contribution is 5.90. The molecule has 0 spiro atoms. The fraction of sp³-hybridized carbons (Fsp3) is 0. The fourth-order valence-corrected chi connectivity index (χ4v) is 1.50. The molecule has 1 aromatic carbocycles. The molecule has 2 aromatic heterocycles. The summed E-state index contributed by atoms with van der Waals surface area (Å²) in [7, 11) is 0. The van der Waals surface area contributed by atoms with Crippen molar-refractivity contribution in [3.63, 3.8) is 0 Å². The highest BCUT2D eigenvalue weighted by Crippen LogP contribution is 2.11. The average Bonchev–Trinajstić information content (AvgIpc) is 2.87.